The zero-order chi connectivity index (χ0) is 28.8. The SMILES string of the molecule is C/C=C\COC(=O)C[C@@]1(C(=O)OC2C(OC)=CC34CCCN3CCc3cc5c(cc3[C@H]24)OCO5)CCCC(C)(C)O1. The maximum absolute atomic E-state index is 14.3. The minimum Gasteiger partial charge on any atom is -0.497 e. The summed E-state index contributed by atoms with van der Waals surface area (Å²) in [7, 11) is 1.63. The number of allylic oxidation sites excluding steroid dienone is 1. The Bertz CT molecular complexity index is 1270. The predicted octanol–water partition coefficient (Wildman–Crippen LogP) is 4.57. The Morgan fingerprint density at radius 2 is 1.90 bits per heavy atom. The first-order valence-corrected chi connectivity index (χ1v) is 14.8. The lowest BCUT2D eigenvalue weighted by Gasteiger charge is -2.44. The molecule has 0 saturated carbocycles. The minimum absolute atomic E-state index is 0.149. The van der Waals surface area contributed by atoms with Crippen molar-refractivity contribution in [3.8, 4) is 11.5 Å². The van der Waals surface area contributed by atoms with E-state index in [0.29, 0.717) is 17.9 Å². The highest BCUT2D eigenvalue weighted by Crippen LogP contribution is 2.56. The summed E-state index contributed by atoms with van der Waals surface area (Å²) in [4.78, 5) is 29.8. The molecule has 4 heterocycles. The van der Waals surface area contributed by atoms with E-state index >= 15 is 0 Å². The highest BCUT2D eigenvalue weighted by atomic mass is 16.7. The van der Waals surface area contributed by atoms with Gasteiger partial charge in [-0.2, -0.15) is 0 Å². The van der Waals surface area contributed by atoms with Crippen LogP contribution in [0.4, 0.5) is 0 Å². The first-order chi connectivity index (χ1) is 19.7. The van der Waals surface area contributed by atoms with Gasteiger partial charge in [-0.15, -0.1) is 0 Å². The molecule has 1 spiro atoms. The zero-order valence-electron chi connectivity index (χ0n) is 24.5. The molecule has 9 heteroatoms. The Morgan fingerprint density at radius 3 is 2.66 bits per heavy atom. The summed E-state index contributed by atoms with van der Waals surface area (Å²) in [5, 5.41) is 0. The molecule has 4 atom stereocenters. The molecule has 2 saturated heterocycles. The van der Waals surface area contributed by atoms with E-state index in [9.17, 15) is 9.59 Å². The second-order valence-electron chi connectivity index (χ2n) is 12.4. The second-order valence-corrected chi connectivity index (χ2v) is 12.4. The van der Waals surface area contributed by atoms with Crippen LogP contribution in [0.2, 0.25) is 0 Å². The lowest BCUT2D eigenvalue weighted by molar-refractivity contribution is -0.216. The molecular weight excluding hydrogens is 526 g/mol. The average Bonchev–Trinajstić information content (AvgIpc) is 3.62. The van der Waals surface area contributed by atoms with E-state index in [-0.39, 0.29) is 31.3 Å². The smallest absolute Gasteiger partial charge is 0.339 e. The lowest BCUT2D eigenvalue weighted by atomic mass is 9.77. The van der Waals surface area contributed by atoms with Crippen molar-refractivity contribution in [1.29, 1.82) is 0 Å². The standard InChI is InChI=1S/C32H41NO8/c1-5-6-15-37-26(34)19-32(12-7-10-30(2,3)41-32)29(35)40-28-25(36-4)18-31-11-8-13-33(31)14-9-21-16-23-24(39-20-38-23)17-22(21)27(28)31/h5-6,16-18,27-28H,7-15,19-20H2,1-4H3/b6-5-/t27-,28?,31?,32-/m1/s1. The van der Waals surface area contributed by atoms with Crippen molar-refractivity contribution in [2.24, 2.45) is 0 Å². The Morgan fingerprint density at radius 1 is 1.10 bits per heavy atom. The number of rotatable bonds is 7. The summed E-state index contributed by atoms with van der Waals surface area (Å²) in [5.41, 5.74) is -0.129. The van der Waals surface area contributed by atoms with Gasteiger partial charge < -0.3 is 28.4 Å². The summed E-state index contributed by atoms with van der Waals surface area (Å²) in [6.07, 6.45) is 9.58. The third-order valence-electron chi connectivity index (χ3n) is 9.41. The second kappa shape index (κ2) is 10.7. The number of ether oxygens (including phenoxy) is 6. The summed E-state index contributed by atoms with van der Waals surface area (Å²) < 4.78 is 35.8. The number of fused-ring (bicyclic) bond motifs is 3. The van der Waals surface area contributed by atoms with E-state index in [1.165, 1.54) is 0 Å². The van der Waals surface area contributed by atoms with Crippen molar-refractivity contribution in [3.63, 3.8) is 0 Å². The third-order valence-corrected chi connectivity index (χ3v) is 9.41. The van der Waals surface area contributed by atoms with Gasteiger partial charge >= 0.3 is 11.9 Å². The summed E-state index contributed by atoms with van der Waals surface area (Å²) in [6.45, 7) is 7.95. The van der Waals surface area contributed by atoms with Gasteiger partial charge in [0.1, 0.15) is 12.4 Å². The van der Waals surface area contributed by atoms with Gasteiger partial charge in [0.2, 0.25) is 6.79 Å². The molecular formula is C32H41NO8. The third kappa shape index (κ3) is 4.91. The van der Waals surface area contributed by atoms with Crippen LogP contribution in [0.5, 0.6) is 11.5 Å². The van der Waals surface area contributed by atoms with Crippen LogP contribution >= 0.6 is 0 Å². The van der Waals surface area contributed by atoms with Gasteiger partial charge in [0.15, 0.2) is 23.2 Å². The van der Waals surface area contributed by atoms with Crippen molar-refractivity contribution < 1.29 is 38.0 Å². The van der Waals surface area contributed by atoms with Crippen LogP contribution in [-0.2, 0) is 35.0 Å². The predicted molar refractivity (Wildman–Crippen MR) is 150 cm³/mol. The molecule has 222 valence electrons. The Kier molecular flexibility index (Phi) is 7.30. The van der Waals surface area contributed by atoms with Crippen LogP contribution in [0, 0.1) is 0 Å². The molecule has 2 unspecified atom stereocenters. The summed E-state index contributed by atoms with van der Waals surface area (Å²) in [5.74, 6) is 0.846. The van der Waals surface area contributed by atoms with Crippen molar-refractivity contribution in [2.75, 3.05) is 33.6 Å². The molecule has 1 aromatic rings. The maximum atomic E-state index is 14.3. The molecule has 4 aliphatic heterocycles. The molecule has 0 bridgehead atoms. The van der Waals surface area contributed by atoms with Crippen LogP contribution < -0.4 is 9.47 Å². The molecule has 1 aromatic carbocycles. The molecule has 0 aromatic heterocycles. The largest absolute Gasteiger partial charge is 0.497 e. The van der Waals surface area contributed by atoms with Crippen molar-refractivity contribution in [2.45, 2.75) is 94.5 Å². The average molecular weight is 568 g/mol. The van der Waals surface area contributed by atoms with E-state index in [4.69, 9.17) is 28.4 Å². The van der Waals surface area contributed by atoms with E-state index in [2.05, 4.69) is 23.1 Å². The molecule has 0 radical (unpaired) electrons. The fourth-order valence-electron chi connectivity index (χ4n) is 7.61. The Hall–Kier alpha value is -3.04. The first kappa shape index (κ1) is 28.1. The first-order valence-electron chi connectivity index (χ1n) is 14.8. The molecule has 0 amide bonds. The minimum atomic E-state index is -1.44. The van der Waals surface area contributed by atoms with Crippen LogP contribution in [0.15, 0.2) is 36.1 Å². The normalized spacial score (nSPS) is 31.6. The van der Waals surface area contributed by atoms with Gasteiger partial charge in [-0.05, 0) is 95.2 Å². The molecule has 1 aliphatic carbocycles. The number of methoxy groups -OCH3 is 1. The summed E-state index contributed by atoms with van der Waals surface area (Å²) >= 11 is 0. The number of carbonyl (C=O) groups is 2. The van der Waals surface area contributed by atoms with Gasteiger partial charge in [0, 0.05) is 6.54 Å². The maximum Gasteiger partial charge on any atom is 0.339 e. The topological polar surface area (TPSA) is 92.8 Å². The summed E-state index contributed by atoms with van der Waals surface area (Å²) in [6, 6.07) is 4.14. The van der Waals surface area contributed by atoms with Crippen LogP contribution in [0.1, 0.15) is 76.3 Å². The molecule has 0 N–H and O–H groups in total. The quantitative estimate of drug-likeness (QED) is 0.347. The Balaban J connectivity index is 1.37. The van der Waals surface area contributed by atoms with E-state index < -0.39 is 29.2 Å². The number of nitrogens with zero attached hydrogens (tertiary/aromatic N) is 1. The molecule has 2 fully saturated rings. The van der Waals surface area contributed by atoms with Crippen molar-refractivity contribution in [1.82, 2.24) is 4.90 Å². The molecule has 41 heavy (non-hydrogen) atoms. The van der Waals surface area contributed by atoms with Gasteiger partial charge in [0.05, 0.1) is 30.6 Å². The molecule has 6 rings (SSSR count). The van der Waals surface area contributed by atoms with Crippen LogP contribution in [0.3, 0.4) is 0 Å². The lowest BCUT2D eigenvalue weighted by Crippen LogP contribution is -2.54. The van der Waals surface area contributed by atoms with Gasteiger partial charge in [-0.1, -0.05) is 12.2 Å². The van der Waals surface area contributed by atoms with Crippen molar-refractivity contribution >= 4 is 11.9 Å². The number of esters is 2. The van der Waals surface area contributed by atoms with Crippen LogP contribution in [0.25, 0.3) is 0 Å². The van der Waals surface area contributed by atoms with E-state index in [1.54, 1.807) is 13.2 Å². The fourth-order valence-corrected chi connectivity index (χ4v) is 7.61. The van der Waals surface area contributed by atoms with Crippen molar-refractivity contribution in [3.05, 3.63) is 47.2 Å². The number of hydrogen-bond acceptors (Lipinski definition) is 9. The number of hydrogen-bond donors (Lipinski definition) is 0. The molecule has 9 nitrogen and oxygen atoms in total. The number of benzene rings is 1. The highest BCUT2D eigenvalue weighted by Gasteiger charge is 2.60. The monoisotopic (exact) mass is 567 g/mol. The van der Waals surface area contributed by atoms with E-state index in [0.717, 1.165) is 62.1 Å². The van der Waals surface area contributed by atoms with Gasteiger partial charge in [0.25, 0.3) is 0 Å². The number of carbonyl (C=O) groups excluding carboxylic acids is 2. The highest BCUT2D eigenvalue weighted by molar-refractivity contribution is 5.86. The van der Waals surface area contributed by atoms with E-state index in [1.807, 2.05) is 26.8 Å². The van der Waals surface area contributed by atoms with Gasteiger partial charge in [-0.3, -0.25) is 9.69 Å². The van der Waals surface area contributed by atoms with Crippen LogP contribution in [-0.4, -0.2) is 73.3 Å². The molecule has 5 aliphatic rings. The Labute approximate surface area is 241 Å². The van der Waals surface area contributed by atoms with Gasteiger partial charge in [-0.25, -0.2) is 4.79 Å². The fraction of sp³-hybridized carbons (Fsp3) is 0.625. The zero-order valence-corrected chi connectivity index (χ0v) is 24.5.